The first-order chi connectivity index (χ1) is 9.83. The molecule has 1 N–H and O–H groups in total. The van der Waals surface area contributed by atoms with Crippen LogP contribution in [0.15, 0.2) is 24.3 Å². The lowest BCUT2D eigenvalue weighted by atomic mass is 10.1. The molecule has 1 fully saturated rings. The van der Waals surface area contributed by atoms with Crippen molar-refractivity contribution < 1.29 is 4.74 Å². The Morgan fingerprint density at radius 1 is 1.15 bits per heavy atom. The monoisotopic (exact) mass is 275 g/mol. The van der Waals surface area contributed by atoms with Gasteiger partial charge < -0.3 is 10.1 Å². The van der Waals surface area contributed by atoms with Gasteiger partial charge in [-0.25, -0.2) is 0 Å². The Kier molecular flexibility index (Phi) is 6.38. The summed E-state index contributed by atoms with van der Waals surface area (Å²) in [6.45, 7) is 6.35. The van der Waals surface area contributed by atoms with Crippen molar-refractivity contribution in [2.75, 3.05) is 13.2 Å². The van der Waals surface area contributed by atoms with E-state index in [1.807, 2.05) is 0 Å². The van der Waals surface area contributed by atoms with Gasteiger partial charge in [0.05, 0.1) is 0 Å². The Morgan fingerprint density at radius 3 is 2.50 bits per heavy atom. The third-order valence-electron chi connectivity index (χ3n) is 4.02. The standard InChI is InChI=1S/C18H29NO/c1-3-5-6-15-7-11-17(12-8-15)20-14-18(16-9-10-16)19-13-4-2/h7-8,11-12,16,18-19H,3-6,9-10,13-14H2,1-2H3. The molecule has 2 heteroatoms. The Labute approximate surface area is 123 Å². The van der Waals surface area contributed by atoms with Crippen molar-refractivity contribution in [2.24, 2.45) is 5.92 Å². The van der Waals surface area contributed by atoms with Crippen molar-refractivity contribution in [3.63, 3.8) is 0 Å². The Morgan fingerprint density at radius 2 is 1.90 bits per heavy atom. The van der Waals surface area contributed by atoms with E-state index in [2.05, 4.69) is 43.4 Å². The molecular weight excluding hydrogens is 246 g/mol. The summed E-state index contributed by atoms with van der Waals surface area (Å²) >= 11 is 0. The molecule has 1 atom stereocenters. The van der Waals surface area contributed by atoms with E-state index in [9.17, 15) is 0 Å². The fourth-order valence-corrected chi connectivity index (χ4v) is 2.51. The highest BCUT2D eigenvalue weighted by atomic mass is 16.5. The van der Waals surface area contributed by atoms with Crippen LogP contribution in [-0.2, 0) is 6.42 Å². The summed E-state index contributed by atoms with van der Waals surface area (Å²) in [7, 11) is 0. The quantitative estimate of drug-likeness (QED) is 0.691. The van der Waals surface area contributed by atoms with Gasteiger partial charge in [0.25, 0.3) is 0 Å². The molecule has 1 unspecified atom stereocenters. The van der Waals surface area contributed by atoms with E-state index in [1.54, 1.807) is 0 Å². The minimum Gasteiger partial charge on any atom is -0.492 e. The lowest BCUT2D eigenvalue weighted by Crippen LogP contribution is -2.37. The van der Waals surface area contributed by atoms with Crippen LogP contribution >= 0.6 is 0 Å². The van der Waals surface area contributed by atoms with Gasteiger partial charge in [-0.2, -0.15) is 0 Å². The van der Waals surface area contributed by atoms with E-state index < -0.39 is 0 Å². The molecule has 1 saturated carbocycles. The first kappa shape index (κ1) is 15.4. The Hall–Kier alpha value is -1.02. The zero-order valence-electron chi connectivity index (χ0n) is 13.0. The van der Waals surface area contributed by atoms with Gasteiger partial charge >= 0.3 is 0 Å². The minimum atomic E-state index is 0.537. The average molecular weight is 275 g/mol. The molecule has 0 radical (unpaired) electrons. The molecule has 0 saturated heterocycles. The summed E-state index contributed by atoms with van der Waals surface area (Å²) in [4.78, 5) is 0. The fourth-order valence-electron chi connectivity index (χ4n) is 2.51. The van der Waals surface area contributed by atoms with Gasteiger partial charge in [0.1, 0.15) is 12.4 Å². The second-order valence-electron chi connectivity index (χ2n) is 5.96. The van der Waals surface area contributed by atoms with Gasteiger partial charge in [0.2, 0.25) is 0 Å². The number of ether oxygens (including phenoxy) is 1. The molecular formula is C18H29NO. The maximum atomic E-state index is 5.96. The number of rotatable bonds is 10. The summed E-state index contributed by atoms with van der Waals surface area (Å²) in [5.41, 5.74) is 1.42. The number of unbranched alkanes of at least 4 members (excludes halogenated alkanes) is 1. The van der Waals surface area contributed by atoms with Crippen molar-refractivity contribution in [1.82, 2.24) is 5.32 Å². The van der Waals surface area contributed by atoms with Crippen LogP contribution in [0.2, 0.25) is 0 Å². The second-order valence-corrected chi connectivity index (χ2v) is 5.96. The lowest BCUT2D eigenvalue weighted by Gasteiger charge is -2.18. The third kappa shape index (κ3) is 5.16. The summed E-state index contributed by atoms with van der Waals surface area (Å²) in [6.07, 6.45) is 7.62. The van der Waals surface area contributed by atoms with Crippen LogP contribution in [0.1, 0.15) is 51.5 Å². The molecule has 0 aromatic heterocycles. The molecule has 1 aromatic carbocycles. The summed E-state index contributed by atoms with van der Waals surface area (Å²) in [5, 5.41) is 3.62. The summed E-state index contributed by atoms with van der Waals surface area (Å²) in [6, 6.07) is 9.19. The van der Waals surface area contributed by atoms with Crippen LogP contribution in [-0.4, -0.2) is 19.2 Å². The number of hydrogen-bond donors (Lipinski definition) is 1. The van der Waals surface area contributed by atoms with Gasteiger partial charge in [-0.15, -0.1) is 0 Å². The molecule has 2 rings (SSSR count). The van der Waals surface area contributed by atoms with Gasteiger partial charge in [0, 0.05) is 6.04 Å². The fraction of sp³-hybridized carbons (Fsp3) is 0.667. The molecule has 20 heavy (non-hydrogen) atoms. The third-order valence-corrected chi connectivity index (χ3v) is 4.02. The van der Waals surface area contributed by atoms with Crippen LogP contribution in [0.5, 0.6) is 5.75 Å². The number of benzene rings is 1. The van der Waals surface area contributed by atoms with E-state index in [-0.39, 0.29) is 0 Å². The normalized spacial score (nSPS) is 16.1. The highest BCUT2D eigenvalue weighted by Gasteiger charge is 2.31. The molecule has 0 heterocycles. The number of aryl methyl sites for hydroxylation is 1. The first-order valence-electron chi connectivity index (χ1n) is 8.28. The van der Waals surface area contributed by atoms with Gasteiger partial charge in [-0.1, -0.05) is 32.4 Å². The predicted octanol–water partition coefficient (Wildman–Crippen LogP) is 4.19. The largest absolute Gasteiger partial charge is 0.492 e. The van der Waals surface area contributed by atoms with Gasteiger partial charge in [0.15, 0.2) is 0 Å². The SMILES string of the molecule is CCCCc1ccc(OCC(NCCC)C2CC2)cc1. The average Bonchev–Trinajstić information content (AvgIpc) is 3.31. The van der Waals surface area contributed by atoms with Crippen LogP contribution in [0.4, 0.5) is 0 Å². The smallest absolute Gasteiger partial charge is 0.119 e. The van der Waals surface area contributed by atoms with Crippen molar-refractivity contribution in [3.05, 3.63) is 29.8 Å². The van der Waals surface area contributed by atoms with Crippen LogP contribution in [0.3, 0.4) is 0 Å². The molecule has 0 aliphatic heterocycles. The van der Waals surface area contributed by atoms with E-state index >= 15 is 0 Å². The van der Waals surface area contributed by atoms with Crippen LogP contribution in [0, 0.1) is 5.92 Å². The van der Waals surface area contributed by atoms with Crippen LogP contribution < -0.4 is 10.1 Å². The minimum absolute atomic E-state index is 0.537. The molecule has 1 aliphatic rings. The van der Waals surface area contributed by atoms with Crippen molar-refractivity contribution >= 4 is 0 Å². The van der Waals surface area contributed by atoms with Gasteiger partial charge in [-0.3, -0.25) is 0 Å². The van der Waals surface area contributed by atoms with E-state index in [1.165, 1.54) is 44.1 Å². The molecule has 0 bridgehead atoms. The maximum absolute atomic E-state index is 5.96. The molecule has 112 valence electrons. The summed E-state index contributed by atoms with van der Waals surface area (Å²) < 4.78 is 5.96. The highest BCUT2D eigenvalue weighted by molar-refractivity contribution is 5.27. The van der Waals surface area contributed by atoms with E-state index in [0.29, 0.717) is 6.04 Å². The second kappa shape index (κ2) is 8.31. The van der Waals surface area contributed by atoms with Crippen molar-refractivity contribution in [1.29, 1.82) is 0 Å². The number of nitrogens with one attached hydrogen (secondary N) is 1. The predicted molar refractivity (Wildman–Crippen MR) is 85.4 cm³/mol. The topological polar surface area (TPSA) is 21.3 Å². The van der Waals surface area contributed by atoms with Crippen molar-refractivity contribution in [2.45, 2.75) is 58.4 Å². The maximum Gasteiger partial charge on any atom is 0.119 e. The molecule has 2 nitrogen and oxygen atoms in total. The lowest BCUT2D eigenvalue weighted by molar-refractivity contribution is 0.249. The van der Waals surface area contributed by atoms with E-state index in [4.69, 9.17) is 4.74 Å². The van der Waals surface area contributed by atoms with Gasteiger partial charge in [-0.05, 0) is 62.3 Å². The van der Waals surface area contributed by atoms with Crippen LogP contribution in [0.25, 0.3) is 0 Å². The molecule has 1 aliphatic carbocycles. The first-order valence-corrected chi connectivity index (χ1v) is 8.28. The molecule has 0 spiro atoms. The Bertz CT molecular complexity index is 370. The summed E-state index contributed by atoms with van der Waals surface area (Å²) in [5.74, 6) is 1.85. The van der Waals surface area contributed by atoms with E-state index in [0.717, 1.165) is 24.8 Å². The zero-order chi connectivity index (χ0) is 14.2. The number of hydrogen-bond acceptors (Lipinski definition) is 2. The molecule has 1 aromatic rings. The zero-order valence-corrected chi connectivity index (χ0v) is 13.0. The molecule has 0 amide bonds. The van der Waals surface area contributed by atoms with Crippen molar-refractivity contribution in [3.8, 4) is 5.75 Å². The highest BCUT2D eigenvalue weighted by Crippen LogP contribution is 2.33. The Balaban J connectivity index is 1.76.